The number of halogens is 1. The number of fused-ring (bicyclic) bond motifs is 2. The first kappa shape index (κ1) is 33.5. The van der Waals surface area contributed by atoms with Crippen LogP contribution in [0.1, 0.15) is 30.1 Å². The maximum absolute atomic E-state index is 13.0. The fourth-order valence-electron chi connectivity index (χ4n) is 5.55. The van der Waals surface area contributed by atoms with E-state index in [2.05, 4.69) is 55.8 Å². The summed E-state index contributed by atoms with van der Waals surface area (Å²) in [6.07, 6.45) is 7.09. The van der Waals surface area contributed by atoms with Gasteiger partial charge in [-0.05, 0) is 46.3 Å². The number of rotatable bonds is 9. The second kappa shape index (κ2) is 14.4. The summed E-state index contributed by atoms with van der Waals surface area (Å²) in [6.45, 7) is 6.03. The van der Waals surface area contributed by atoms with Crippen LogP contribution in [0.4, 0.5) is 11.6 Å². The number of imidazole rings is 2. The molecule has 19 nitrogen and oxygen atoms in total. The minimum absolute atomic E-state index is 0. The van der Waals surface area contributed by atoms with Crippen molar-refractivity contribution in [1.29, 1.82) is 0 Å². The molecule has 6 aromatic heterocycles. The van der Waals surface area contributed by atoms with Crippen molar-refractivity contribution in [2.24, 2.45) is 5.92 Å². The Balaban J connectivity index is 0.000000181. The summed E-state index contributed by atoms with van der Waals surface area (Å²) in [4.78, 5) is 30.4. The van der Waals surface area contributed by atoms with E-state index >= 15 is 0 Å². The Morgan fingerprint density at radius 3 is 2.35 bits per heavy atom. The standard InChI is InChI=1S/C18H22N8O3.C11H12N6O2.ClH/c19-16-14(24-29-25-16)17-23-13-8-21-7-12(15(13)26(17)9-10-1-2-10)18(27)22-6-11-5-20-3-4-28-11;1-3-17-7-4-8(18-2)13-5-6(7)14-11(17)9-10(12)16-19-15-9;/h7-8,10-11,20H,1-6,9H2,(H2,19,25)(H,22,27);4-5H,3H2,1-2H3,(H2,12,16);1H. The van der Waals surface area contributed by atoms with Crippen molar-refractivity contribution in [2.75, 3.05) is 44.8 Å². The fraction of sp³-hybridized carbons (Fsp3) is 0.414. The first-order chi connectivity index (χ1) is 23.4. The zero-order chi connectivity index (χ0) is 33.2. The smallest absolute Gasteiger partial charge is 0.255 e. The number of nitrogens with zero attached hydrogens (tertiary/aromatic N) is 10. The Kier molecular flexibility index (Phi) is 9.83. The molecule has 0 bridgehead atoms. The Morgan fingerprint density at radius 2 is 1.73 bits per heavy atom. The Labute approximate surface area is 284 Å². The molecule has 1 aliphatic heterocycles. The average molecular weight is 695 g/mol. The van der Waals surface area contributed by atoms with Crippen LogP contribution in [0.25, 0.3) is 45.1 Å². The minimum Gasteiger partial charge on any atom is -0.481 e. The number of nitrogens with two attached hydrogens (primary N) is 2. The molecule has 1 saturated carbocycles. The minimum atomic E-state index is -0.216. The molecule has 1 atom stereocenters. The van der Waals surface area contributed by atoms with Gasteiger partial charge in [0, 0.05) is 45.0 Å². The normalized spacial score (nSPS) is 15.8. The number of aromatic nitrogens is 10. The second-order valence-electron chi connectivity index (χ2n) is 11.3. The molecule has 0 spiro atoms. The zero-order valence-electron chi connectivity index (χ0n) is 26.7. The van der Waals surface area contributed by atoms with Crippen LogP contribution in [0.3, 0.4) is 0 Å². The van der Waals surface area contributed by atoms with Gasteiger partial charge in [0.25, 0.3) is 5.91 Å². The number of amides is 1. The monoisotopic (exact) mass is 694 g/mol. The number of nitrogen functional groups attached to an aromatic ring is 2. The van der Waals surface area contributed by atoms with Gasteiger partial charge in [0.2, 0.25) is 5.88 Å². The number of ether oxygens (including phenoxy) is 2. The highest BCUT2D eigenvalue weighted by molar-refractivity contribution is 6.05. The van der Waals surface area contributed by atoms with Gasteiger partial charge in [0.15, 0.2) is 34.7 Å². The molecule has 1 aliphatic carbocycles. The van der Waals surface area contributed by atoms with Gasteiger partial charge in [0.05, 0.1) is 48.8 Å². The summed E-state index contributed by atoms with van der Waals surface area (Å²) >= 11 is 0. The molecule has 2 aliphatic rings. The molecule has 20 heteroatoms. The molecule has 0 radical (unpaired) electrons. The SMILES string of the molecule is CCn1c(-c2nonc2N)nc2cnc(OC)cc21.Cl.Nc1nonc1-c1nc2cncc(C(=O)NCC3CNCCO3)c2n1CC1CC1. The summed E-state index contributed by atoms with van der Waals surface area (Å²) in [5, 5.41) is 21.1. The van der Waals surface area contributed by atoms with Crippen LogP contribution in [0.15, 0.2) is 33.9 Å². The Bertz CT molecular complexity index is 2060. The number of morpholine rings is 1. The van der Waals surface area contributed by atoms with E-state index in [-0.39, 0.29) is 36.1 Å². The van der Waals surface area contributed by atoms with Gasteiger partial charge in [-0.15, -0.1) is 12.4 Å². The molecule has 8 rings (SSSR count). The molecule has 2 fully saturated rings. The summed E-state index contributed by atoms with van der Waals surface area (Å²) in [6, 6.07) is 1.82. The van der Waals surface area contributed by atoms with E-state index in [9.17, 15) is 4.79 Å². The number of hydrogen-bond donors (Lipinski definition) is 4. The van der Waals surface area contributed by atoms with E-state index in [4.69, 9.17) is 25.6 Å². The zero-order valence-corrected chi connectivity index (χ0v) is 27.5. The lowest BCUT2D eigenvalue weighted by Gasteiger charge is -2.23. The predicted octanol–water partition coefficient (Wildman–Crippen LogP) is 1.71. The number of aryl methyl sites for hydroxylation is 1. The molecule has 49 heavy (non-hydrogen) atoms. The first-order valence-corrected chi connectivity index (χ1v) is 15.5. The Morgan fingerprint density at radius 1 is 1.02 bits per heavy atom. The molecular formula is C29H35ClN14O5. The van der Waals surface area contributed by atoms with Crippen LogP contribution in [-0.4, -0.2) is 95.1 Å². The maximum Gasteiger partial charge on any atom is 0.255 e. The number of anilines is 2. The van der Waals surface area contributed by atoms with Gasteiger partial charge >= 0.3 is 0 Å². The lowest BCUT2D eigenvalue weighted by molar-refractivity contribution is 0.0287. The topological polar surface area (TPSA) is 251 Å². The molecule has 1 saturated heterocycles. The van der Waals surface area contributed by atoms with Gasteiger partial charge in [-0.2, -0.15) is 0 Å². The van der Waals surface area contributed by atoms with Crippen molar-refractivity contribution in [3.8, 4) is 28.9 Å². The van der Waals surface area contributed by atoms with Gasteiger partial charge in [-0.3, -0.25) is 9.78 Å². The quantitative estimate of drug-likeness (QED) is 0.168. The van der Waals surface area contributed by atoms with Crippen LogP contribution in [0, 0.1) is 5.92 Å². The molecule has 6 N–H and O–H groups in total. The van der Waals surface area contributed by atoms with Gasteiger partial charge in [-0.25, -0.2) is 24.2 Å². The van der Waals surface area contributed by atoms with Crippen molar-refractivity contribution < 1.29 is 23.5 Å². The van der Waals surface area contributed by atoms with Crippen molar-refractivity contribution in [1.82, 2.24) is 60.3 Å². The number of carbonyl (C=O) groups excluding carboxylic acids is 1. The number of nitrogens with one attached hydrogen (secondary N) is 2. The highest BCUT2D eigenvalue weighted by atomic mass is 35.5. The van der Waals surface area contributed by atoms with Crippen molar-refractivity contribution in [2.45, 2.75) is 39.0 Å². The number of hydrogen-bond acceptors (Lipinski definition) is 16. The summed E-state index contributed by atoms with van der Waals surface area (Å²) in [7, 11) is 1.57. The number of pyridine rings is 2. The van der Waals surface area contributed by atoms with Crippen molar-refractivity contribution >= 4 is 52.0 Å². The molecular weight excluding hydrogens is 660 g/mol. The van der Waals surface area contributed by atoms with Crippen LogP contribution >= 0.6 is 12.4 Å². The third-order valence-corrected chi connectivity index (χ3v) is 8.11. The van der Waals surface area contributed by atoms with Gasteiger partial charge in [-0.1, -0.05) is 0 Å². The largest absolute Gasteiger partial charge is 0.481 e. The molecule has 0 aromatic carbocycles. The maximum atomic E-state index is 13.0. The lowest BCUT2D eigenvalue weighted by Crippen LogP contribution is -2.45. The fourth-order valence-corrected chi connectivity index (χ4v) is 5.55. The van der Waals surface area contributed by atoms with Crippen LogP contribution < -0.4 is 26.8 Å². The van der Waals surface area contributed by atoms with E-state index in [1.165, 1.54) is 0 Å². The van der Waals surface area contributed by atoms with Crippen LogP contribution in [0.2, 0.25) is 0 Å². The van der Waals surface area contributed by atoms with Crippen molar-refractivity contribution in [3.63, 3.8) is 0 Å². The first-order valence-electron chi connectivity index (χ1n) is 15.5. The average Bonchev–Trinajstić information content (AvgIpc) is 3.38. The predicted molar refractivity (Wildman–Crippen MR) is 178 cm³/mol. The molecule has 7 heterocycles. The van der Waals surface area contributed by atoms with Crippen LogP contribution in [0.5, 0.6) is 5.88 Å². The van der Waals surface area contributed by atoms with E-state index in [0.717, 1.165) is 37.0 Å². The summed E-state index contributed by atoms with van der Waals surface area (Å²) < 4.78 is 24.1. The third kappa shape index (κ3) is 6.80. The molecule has 258 valence electrons. The molecule has 1 amide bonds. The highest BCUT2D eigenvalue weighted by Crippen LogP contribution is 2.36. The number of methoxy groups -OCH3 is 1. The summed E-state index contributed by atoms with van der Waals surface area (Å²) in [5.74, 6) is 2.37. The Hall–Kier alpha value is -5.40. The molecule has 1 unspecified atom stereocenters. The van der Waals surface area contributed by atoms with Gasteiger partial charge < -0.3 is 40.7 Å². The van der Waals surface area contributed by atoms with Crippen molar-refractivity contribution in [3.05, 3.63) is 30.2 Å². The van der Waals surface area contributed by atoms with E-state index < -0.39 is 0 Å². The molecule has 6 aromatic rings. The van der Waals surface area contributed by atoms with E-state index in [1.807, 2.05) is 22.1 Å². The lowest BCUT2D eigenvalue weighted by atomic mass is 10.2. The second-order valence-corrected chi connectivity index (χ2v) is 11.3. The van der Waals surface area contributed by atoms with E-state index in [1.54, 1.807) is 25.7 Å². The summed E-state index contributed by atoms with van der Waals surface area (Å²) in [5.41, 5.74) is 15.8. The van der Waals surface area contributed by atoms with E-state index in [0.29, 0.717) is 77.7 Å². The third-order valence-electron chi connectivity index (χ3n) is 8.11. The van der Waals surface area contributed by atoms with Gasteiger partial charge in [0.1, 0.15) is 11.0 Å². The highest BCUT2D eigenvalue weighted by Gasteiger charge is 2.29. The number of carbonyl (C=O) groups is 1. The van der Waals surface area contributed by atoms with Crippen LogP contribution in [-0.2, 0) is 17.8 Å².